The summed E-state index contributed by atoms with van der Waals surface area (Å²) in [5, 5.41) is 0. The van der Waals surface area contributed by atoms with Crippen molar-refractivity contribution >= 4 is 17.9 Å². The average molecular weight is 361 g/mol. The fourth-order valence-corrected chi connectivity index (χ4v) is 5.15. The van der Waals surface area contributed by atoms with Crippen LogP contribution in [0.3, 0.4) is 0 Å². The number of carbonyl (C=O) groups is 1. The maximum atomic E-state index is 12.3. The van der Waals surface area contributed by atoms with Crippen molar-refractivity contribution in [2.24, 2.45) is 11.3 Å². The largest absolute Gasteiger partial charge is 0.338 e. The molecule has 1 aliphatic heterocycles. The zero-order valence-electron chi connectivity index (χ0n) is 16.2. The van der Waals surface area contributed by atoms with Crippen molar-refractivity contribution in [3.63, 3.8) is 0 Å². The van der Waals surface area contributed by atoms with E-state index in [1.807, 2.05) is 30.7 Å². The van der Waals surface area contributed by atoms with Gasteiger partial charge in [-0.3, -0.25) is 4.79 Å². The summed E-state index contributed by atoms with van der Waals surface area (Å²) < 4.78 is 2.41. The van der Waals surface area contributed by atoms with Gasteiger partial charge in [0.05, 0.1) is 0 Å². The maximum absolute atomic E-state index is 12.3. The first-order valence-corrected chi connectivity index (χ1v) is 10.5. The Kier molecular flexibility index (Phi) is 5.79. The zero-order valence-corrected chi connectivity index (χ0v) is 17.0. The first-order chi connectivity index (χ1) is 11.9. The van der Waals surface area contributed by atoms with E-state index < -0.39 is 0 Å². The van der Waals surface area contributed by atoms with Crippen LogP contribution in [0.1, 0.15) is 57.6 Å². The number of benzene rings is 1. The van der Waals surface area contributed by atoms with Gasteiger partial charge in [-0.2, -0.15) is 0 Å². The molecule has 25 heavy (non-hydrogen) atoms. The van der Waals surface area contributed by atoms with E-state index in [4.69, 9.17) is 0 Å². The Hall–Kier alpha value is -1.00. The second kappa shape index (κ2) is 7.71. The molecule has 0 saturated heterocycles. The number of carbonyl (C=O) groups excluding carboxylic acids is 1. The van der Waals surface area contributed by atoms with E-state index in [9.17, 15) is 4.79 Å². The summed E-state index contributed by atoms with van der Waals surface area (Å²) in [6, 6.07) is 6.82. The molecule has 3 nitrogen and oxygen atoms in total. The highest BCUT2D eigenvalue weighted by atomic mass is 32.2. The van der Waals surface area contributed by atoms with Gasteiger partial charge in [0.15, 0.2) is 0 Å². The summed E-state index contributed by atoms with van der Waals surface area (Å²) in [4.78, 5) is 15.6. The second-order valence-electron chi connectivity index (χ2n) is 8.18. The minimum Gasteiger partial charge on any atom is -0.338 e. The lowest BCUT2D eigenvalue weighted by molar-refractivity contribution is -0.135. The molecule has 1 saturated carbocycles. The van der Waals surface area contributed by atoms with Crippen LogP contribution in [0.5, 0.6) is 0 Å². The van der Waals surface area contributed by atoms with Gasteiger partial charge in [0, 0.05) is 30.4 Å². The third kappa shape index (κ3) is 4.22. The normalized spacial score (nSPS) is 19.0. The Bertz CT molecular complexity index is 619. The van der Waals surface area contributed by atoms with Gasteiger partial charge in [-0.05, 0) is 73.4 Å². The standard InChI is InChI=1S/C21H32N2OS/c1-5-21(10-6-11-21)15-22(4)25-19-8-7-17-9-12-23(14-18(17)13-19)20(24)16(2)3/h7-8,13,16H,5-6,9-12,14-15H2,1-4H3. The lowest BCUT2D eigenvalue weighted by Crippen LogP contribution is -2.38. The Morgan fingerprint density at radius 3 is 2.68 bits per heavy atom. The number of hydrogen-bond donors (Lipinski definition) is 0. The molecule has 0 atom stereocenters. The number of hydrogen-bond acceptors (Lipinski definition) is 3. The number of nitrogens with zero attached hydrogens (tertiary/aromatic N) is 2. The van der Waals surface area contributed by atoms with Crippen LogP contribution in [-0.2, 0) is 17.8 Å². The quantitative estimate of drug-likeness (QED) is 0.684. The van der Waals surface area contributed by atoms with Gasteiger partial charge in [-0.25, -0.2) is 4.31 Å². The molecule has 0 N–H and O–H groups in total. The van der Waals surface area contributed by atoms with Crippen molar-refractivity contribution in [3.05, 3.63) is 29.3 Å². The van der Waals surface area contributed by atoms with Crippen molar-refractivity contribution in [1.82, 2.24) is 9.21 Å². The first-order valence-electron chi connectivity index (χ1n) is 9.72. The summed E-state index contributed by atoms with van der Waals surface area (Å²) in [7, 11) is 2.22. The Morgan fingerprint density at radius 2 is 2.08 bits per heavy atom. The molecular weight excluding hydrogens is 328 g/mol. The summed E-state index contributed by atoms with van der Waals surface area (Å²) in [5.74, 6) is 0.355. The Balaban J connectivity index is 1.64. The van der Waals surface area contributed by atoms with E-state index in [0.717, 1.165) is 19.5 Å². The Morgan fingerprint density at radius 1 is 1.32 bits per heavy atom. The van der Waals surface area contributed by atoms with Gasteiger partial charge >= 0.3 is 0 Å². The lowest BCUT2D eigenvalue weighted by Gasteiger charge is -2.43. The summed E-state index contributed by atoms with van der Waals surface area (Å²) >= 11 is 1.85. The average Bonchev–Trinajstić information content (AvgIpc) is 2.56. The third-order valence-electron chi connectivity index (χ3n) is 5.98. The maximum Gasteiger partial charge on any atom is 0.225 e. The summed E-state index contributed by atoms with van der Waals surface area (Å²) in [5.41, 5.74) is 3.28. The van der Waals surface area contributed by atoms with Crippen LogP contribution < -0.4 is 0 Å². The fraction of sp³-hybridized carbons (Fsp3) is 0.667. The van der Waals surface area contributed by atoms with Crippen LogP contribution in [0, 0.1) is 11.3 Å². The molecule has 3 rings (SSSR count). The first kappa shape index (κ1) is 18.8. The molecule has 4 heteroatoms. The topological polar surface area (TPSA) is 23.6 Å². The number of rotatable bonds is 6. The van der Waals surface area contributed by atoms with Crippen LogP contribution in [0.25, 0.3) is 0 Å². The molecule has 1 aromatic carbocycles. The number of amides is 1. The van der Waals surface area contributed by atoms with Gasteiger partial charge in [-0.1, -0.05) is 33.3 Å². The van der Waals surface area contributed by atoms with Crippen molar-refractivity contribution in [3.8, 4) is 0 Å². The van der Waals surface area contributed by atoms with E-state index in [-0.39, 0.29) is 11.8 Å². The van der Waals surface area contributed by atoms with Gasteiger partial charge in [0.1, 0.15) is 0 Å². The molecule has 0 unspecified atom stereocenters. The van der Waals surface area contributed by atoms with Crippen LogP contribution >= 0.6 is 11.9 Å². The predicted molar refractivity (Wildman–Crippen MR) is 105 cm³/mol. The van der Waals surface area contributed by atoms with E-state index in [1.54, 1.807) is 0 Å². The minimum absolute atomic E-state index is 0.0814. The molecular formula is C21H32N2OS. The SMILES string of the molecule is CCC1(CN(C)Sc2ccc3c(c2)CN(C(=O)C(C)C)CC3)CCC1. The van der Waals surface area contributed by atoms with Gasteiger partial charge < -0.3 is 4.90 Å². The van der Waals surface area contributed by atoms with Crippen LogP contribution in [0.2, 0.25) is 0 Å². The molecule has 1 aromatic rings. The fourth-order valence-electron chi connectivity index (χ4n) is 4.13. The van der Waals surface area contributed by atoms with Crippen molar-refractivity contribution < 1.29 is 4.79 Å². The van der Waals surface area contributed by atoms with Gasteiger partial charge in [0.2, 0.25) is 5.91 Å². The molecule has 0 radical (unpaired) electrons. The molecule has 138 valence electrons. The van der Waals surface area contributed by atoms with Crippen molar-refractivity contribution in [2.75, 3.05) is 20.1 Å². The smallest absolute Gasteiger partial charge is 0.225 e. The van der Waals surface area contributed by atoms with Crippen LogP contribution in [0.15, 0.2) is 23.1 Å². The van der Waals surface area contributed by atoms with Crippen molar-refractivity contribution in [2.45, 2.75) is 64.3 Å². The van der Waals surface area contributed by atoms with Gasteiger partial charge in [-0.15, -0.1) is 0 Å². The Labute approximate surface area is 157 Å². The molecule has 0 spiro atoms. The molecule has 1 aliphatic carbocycles. The lowest BCUT2D eigenvalue weighted by atomic mass is 9.67. The summed E-state index contributed by atoms with van der Waals surface area (Å²) in [6.07, 6.45) is 6.42. The minimum atomic E-state index is 0.0814. The van der Waals surface area contributed by atoms with E-state index in [2.05, 4.69) is 36.5 Å². The third-order valence-corrected chi connectivity index (χ3v) is 6.88. The van der Waals surface area contributed by atoms with Crippen LogP contribution in [0.4, 0.5) is 0 Å². The summed E-state index contributed by atoms with van der Waals surface area (Å²) in [6.45, 7) is 9.10. The second-order valence-corrected chi connectivity index (χ2v) is 9.46. The predicted octanol–water partition coefficient (Wildman–Crippen LogP) is 4.75. The van der Waals surface area contributed by atoms with E-state index in [1.165, 1.54) is 48.3 Å². The highest BCUT2D eigenvalue weighted by Crippen LogP contribution is 2.45. The molecule has 1 fully saturated rings. The van der Waals surface area contributed by atoms with Crippen LogP contribution in [-0.4, -0.2) is 35.2 Å². The highest BCUT2D eigenvalue weighted by molar-refractivity contribution is 7.97. The molecule has 1 amide bonds. The monoisotopic (exact) mass is 360 g/mol. The van der Waals surface area contributed by atoms with E-state index >= 15 is 0 Å². The van der Waals surface area contributed by atoms with E-state index in [0.29, 0.717) is 5.41 Å². The highest BCUT2D eigenvalue weighted by Gasteiger charge is 2.36. The van der Waals surface area contributed by atoms with Gasteiger partial charge in [0.25, 0.3) is 0 Å². The molecule has 1 heterocycles. The molecule has 0 bridgehead atoms. The molecule has 0 aromatic heterocycles. The zero-order chi connectivity index (χ0) is 18.0. The van der Waals surface area contributed by atoms with Crippen molar-refractivity contribution in [1.29, 1.82) is 0 Å². The molecule has 2 aliphatic rings. The number of fused-ring (bicyclic) bond motifs is 1.